The van der Waals surface area contributed by atoms with Gasteiger partial charge in [-0.2, -0.15) is 0 Å². The fourth-order valence-electron chi connectivity index (χ4n) is 2.56. The highest BCUT2D eigenvalue weighted by atomic mass is 15.2. The summed E-state index contributed by atoms with van der Waals surface area (Å²) in [4.78, 5) is 7.10. The van der Waals surface area contributed by atoms with Gasteiger partial charge >= 0.3 is 0 Å². The Morgan fingerprint density at radius 3 is 2.67 bits per heavy atom. The van der Waals surface area contributed by atoms with Crippen LogP contribution >= 0.6 is 0 Å². The van der Waals surface area contributed by atoms with Crippen LogP contribution in [-0.2, 0) is 6.54 Å². The first-order valence-electron chi connectivity index (χ1n) is 7.11. The second-order valence-corrected chi connectivity index (χ2v) is 5.33. The van der Waals surface area contributed by atoms with Gasteiger partial charge in [-0.15, -0.1) is 0 Å². The zero-order valence-corrected chi connectivity index (χ0v) is 11.9. The molecule has 0 radical (unpaired) electrons. The second-order valence-electron chi connectivity index (χ2n) is 5.33. The molecule has 1 heterocycles. The maximum atomic E-state index is 5.92. The first kappa shape index (κ1) is 13.3. The molecule has 2 N–H and O–H groups in total. The van der Waals surface area contributed by atoms with E-state index >= 15 is 0 Å². The molecule has 1 saturated carbocycles. The zero-order chi connectivity index (χ0) is 13.1. The predicted octanol–water partition coefficient (Wildman–Crippen LogP) is 2.93. The van der Waals surface area contributed by atoms with Crippen molar-refractivity contribution in [2.75, 3.05) is 11.4 Å². The molecule has 0 atom stereocenters. The van der Waals surface area contributed by atoms with Gasteiger partial charge in [-0.1, -0.05) is 13.3 Å². The molecule has 3 heteroatoms. The van der Waals surface area contributed by atoms with Crippen LogP contribution in [0.1, 0.15) is 49.6 Å². The lowest BCUT2D eigenvalue weighted by atomic mass is 10.1. The number of aromatic nitrogens is 1. The van der Waals surface area contributed by atoms with E-state index in [2.05, 4.69) is 36.7 Å². The molecule has 1 aromatic heterocycles. The summed E-state index contributed by atoms with van der Waals surface area (Å²) in [5, 5.41) is 0. The molecule has 0 amide bonds. The molecule has 1 fully saturated rings. The first-order chi connectivity index (χ1) is 8.67. The highest BCUT2D eigenvalue weighted by Crippen LogP contribution is 2.34. The normalized spacial score (nSPS) is 14.9. The maximum Gasteiger partial charge on any atom is 0.0450 e. The van der Waals surface area contributed by atoms with Crippen LogP contribution < -0.4 is 10.6 Å². The summed E-state index contributed by atoms with van der Waals surface area (Å²) in [6.07, 6.45) is 5.15. The van der Waals surface area contributed by atoms with Crippen molar-refractivity contribution in [3.8, 4) is 0 Å². The molecule has 1 aromatic rings. The maximum absolute atomic E-state index is 5.92. The van der Waals surface area contributed by atoms with E-state index in [4.69, 9.17) is 5.73 Å². The number of nitrogens with zero attached hydrogens (tertiary/aromatic N) is 2. The minimum Gasteiger partial charge on any atom is -0.368 e. The van der Waals surface area contributed by atoms with Crippen LogP contribution in [0, 0.1) is 13.8 Å². The third kappa shape index (κ3) is 2.83. The Morgan fingerprint density at radius 1 is 1.39 bits per heavy atom. The number of nitrogens with two attached hydrogens (primary N) is 1. The van der Waals surface area contributed by atoms with Crippen molar-refractivity contribution < 1.29 is 0 Å². The molecule has 100 valence electrons. The lowest BCUT2D eigenvalue weighted by Gasteiger charge is -2.28. The van der Waals surface area contributed by atoms with Crippen LogP contribution in [0.2, 0.25) is 0 Å². The second kappa shape index (κ2) is 5.70. The molecule has 3 nitrogen and oxygen atoms in total. The minimum absolute atomic E-state index is 0.587. The summed E-state index contributed by atoms with van der Waals surface area (Å²) in [5.74, 6) is 0. The van der Waals surface area contributed by atoms with Gasteiger partial charge in [0.1, 0.15) is 0 Å². The van der Waals surface area contributed by atoms with Crippen molar-refractivity contribution in [3.63, 3.8) is 0 Å². The Kier molecular flexibility index (Phi) is 4.23. The van der Waals surface area contributed by atoms with Crippen LogP contribution in [0.15, 0.2) is 6.07 Å². The van der Waals surface area contributed by atoms with Gasteiger partial charge in [0.05, 0.1) is 0 Å². The number of hydrogen-bond donors (Lipinski definition) is 1. The van der Waals surface area contributed by atoms with Gasteiger partial charge in [-0.05, 0) is 39.2 Å². The molecule has 1 aliphatic rings. The van der Waals surface area contributed by atoms with E-state index in [1.165, 1.54) is 36.9 Å². The van der Waals surface area contributed by atoms with Gasteiger partial charge in [0.2, 0.25) is 0 Å². The highest BCUT2D eigenvalue weighted by Gasteiger charge is 2.30. The third-order valence-corrected chi connectivity index (χ3v) is 3.69. The average molecular weight is 247 g/mol. The van der Waals surface area contributed by atoms with Gasteiger partial charge < -0.3 is 10.6 Å². The Balaban J connectivity index is 2.33. The summed E-state index contributed by atoms with van der Waals surface area (Å²) in [6.45, 7) is 8.13. The van der Waals surface area contributed by atoms with Crippen molar-refractivity contribution >= 4 is 5.69 Å². The zero-order valence-electron chi connectivity index (χ0n) is 11.9. The number of unbranched alkanes of at least 4 members (excludes halogenated alkanes) is 1. The molecule has 0 bridgehead atoms. The fourth-order valence-corrected chi connectivity index (χ4v) is 2.56. The van der Waals surface area contributed by atoms with Gasteiger partial charge in [0.15, 0.2) is 0 Å². The Labute approximate surface area is 110 Å². The van der Waals surface area contributed by atoms with Crippen molar-refractivity contribution in [3.05, 3.63) is 23.0 Å². The van der Waals surface area contributed by atoms with E-state index in [-0.39, 0.29) is 0 Å². The Morgan fingerprint density at radius 2 is 2.11 bits per heavy atom. The Hall–Kier alpha value is -1.09. The molecule has 0 spiro atoms. The van der Waals surface area contributed by atoms with Gasteiger partial charge in [-0.3, -0.25) is 4.98 Å². The van der Waals surface area contributed by atoms with E-state index < -0.39 is 0 Å². The van der Waals surface area contributed by atoms with Gasteiger partial charge in [-0.25, -0.2) is 0 Å². The van der Waals surface area contributed by atoms with E-state index in [1.807, 2.05) is 0 Å². The smallest absolute Gasteiger partial charge is 0.0450 e. The largest absolute Gasteiger partial charge is 0.368 e. The standard InChI is InChI=1S/C15H25N3/c1-4-5-8-18(13-6-7-13)15-9-11(2)17-12(3)14(15)10-16/h9,13H,4-8,10,16H2,1-3H3. The van der Waals surface area contributed by atoms with Gasteiger partial charge in [0.25, 0.3) is 0 Å². The lowest BCUT2D eigenvalue weighted by Crippen LogP contribution is -2.29. The lowest BCUT2D eigenvalue weighted by molar-refractivity contribution is 0.707. The van der Waals surface area contributed by atoms with Crippen molar-refractivity contribution in [2.45, 2.75) is 59.0 Å². The summed E-state index contributed by atoms with van der Waals surface area (Å²) < 4.78 is 0. The van der Waals surface area contributed by atoms with Crippen LogP contribution in [-0.4, -0.2) is 17.6 Å². The molecule has 18 heavy (non-hydrogen) atoms. The molecule has 0 unspecified atom stereocenters. The summed E-state index contributed by atoms with van der Waals surface area (Å²) in [7, 11) is 0. The number of pyridine rings is 1. The van der Waals surface area contributed by atoms with Crippen LogP contribution in [0.4, 0.5) is 5.69 Å². The number of aryl methyl sites for hydroxylation is 2. The monoisotopic (exact) mass is 247 g/mol. The SMILES string of the molecule is CCCCN(c1cc(C)nc(C)c1CN)C1CC1. The fraction of sp³-hybridized carbons (Fsp3) is 0.667. The molecule has 1 aliphatic carbocycles. The minimum atomic E-state index is 0.587. The quantitative estimate of drug-likeness (QED) is 0.840. The molecule has 0 saturated heterocycles. The van der Waals surface area contributed by atoms with E-state index in [0.717, 1.165) is 24.0 Å². The van der Waals surface area contributed by atoms with Crippen LogP contribution in [0.25, 0.3) is 0 Å². The number of hydrogen-bond acceptors (Lipinski definition) is 3. The van der Waals surface area contributed by atoms with Gasteiger partial charge in [0, 0.05) is 41.8 Å². The molecule has 0 aromatic carbocycles. The Bertz CT molecular complexity index is 410. The van der Waals surface area contributed by atoms with Crippen molar-refractivity contribution in [1.82, 2.24) is 4.98 Å². The third-order valence-electron chi connectivity index (χ3n) is 3.69. The number of rotatable bonds is 6. The molecular weight excluding hydrogens is 222 g/mol. The van der Waals surface area contributed by atoms with E-state index in [9.17, 15) is 0 Å². The molecular formula is C15H25N3. The van der Waals surface area contributed by atoms with Crippen LogP contribution in [0.5, 0.6) is 0 Å². The predicted molar refractivity (Wildman–Crippen MR) is 76.9 cm³/mol. The average Bonchev–Trinajstić information content (AvgIpc) is 3.13. The number of anilines is 1. The summed E-state index contributed by atoms with van der Waals surface area (Å²) in [6, 6.07) is 2.95. The van der Waals surface area contributed by atoms with E-state index in [0.29, 0.717) is 6.54 Å². The van der Waals surface area contributed by atoms with Crippen LogP contribution in [0.3, 0.4) is 0 Å². The topological polar surface area (TPSA) is 42.2 Å². The van der Waals surface area contributed by atoms with Crippen molar-refractivity contribution in [1.29, 1.82) is 0 Å². The van der Waals surface area contributed by atoms with E-state index in [1.54, 1.807) is 0 Å². The first-order valence-corrected chi connectivity index (χ1v) is 7.11. The summed E-state index contributed by atoms with van der Waals surface area (Å²) >= 11 is 0. The molecule has 0 aliphatic heterocycles. The summed E-state index contributed by atoms with van der Waals surface area (Å²) in [5.41, 5.74) is 10.7. The van der Waals surface area contributed by atoms with Crippen molar-refractivity contribution in [2.24, 2.45) is 5.73 Å². The molecule has 2 rings (SSSR count). The highest BCUT2D eigenvalue weighted by molar-refractivity contribution is 5.57.